The van der Waals surface area contributed by atoms with E-state index in [0.717, 1.165) is 10.2 Å². The zero-order chi connectivity index (χ0) is 22.6. The van der Waals surface area contributed by atoms with Gasteiger partial charge in [-0.05, 0) is 23.8 Å². The molecule has 0 atom stereocenters. The van der Waals surface area contributed by atoms with Crippen molar-refractivity contribution >= 4 is 26.7 Å². The topological polar surface area (TPSA) is 110 Å². The zero-order valence-corrected chi connectivity index (χ0v) is 17.7. The molecule has 0 saturated carbocycles. The number of nitrogens with zero attached hydrogens (tertiary/aromatic N) is 2. The first-order valence-electron chi connectivity index (χ1n) is 9.82. The molecule has 8 nitrogen and oxygen atoms in total. The van der Waals surface area contributed by atoms with Crippen LogP contribution in [-0.2, 0) is 27.8 Å². The minimum atomic E-state index is -3.93. The van der Waals surface area contributed by atoms with E-state index in [1.807, 2.05) is 47.3 Å². The Morgan fingerprint density at radius 1 is 0.844 bits per heavy atom. The van der Waals surface area contributed by atoms with E-state index < -0.39 is 28.0 Å². The van der Waals surface area contributed by atoms with Gasteiger partial charge in [-0.25, -0.2) is 13.1 Å². The van der Waals surface area contributed by atoms with Gasteiger partial charge in [-0.1, -0.05) is 66.7 Å². The quantitative estimate of drug-likeness (QED) is 0.420. The van der Waals surface area contributed by atoms with Crippen LogP contribution in [0.4, 0.5) is 0 Å². The molecule has 1 heterocycles. The summed E-state index contributed by atoms with van der Waals surface area (Å²) in [6.07, 6.45) is 0.476. The summed E-state index contributed by atoms with van der Waals surface area (Å²) in [7, 11) is -3.93. The molecular formula is C23H20N4O4S. The number of fused-ring (bicyclic) bond motifs is 1. The first-order chi connectivity index (χ1) is 15.4. The van der Waals surface area contributed by atoms with E-state index in [-0.39, 0.29) is 4.90 Å². The predicted octanol–water partition coefficient (Wildman–Crippen LogP) is 2.00. The van der Waals surface area contributed by atoms with Crippen LogP contribution in [0.3, 0.4) is 0 Å². The van der Waals surface area contributed by atoms with Gasteiger partial charge in [0.25, 0.3) is 21.5 Å². The van der Waals surface area contributed by atoms with Crippen LogP contribution in [0.2, 0.25) is 0 Å². The molecule has 32 heavy (non-hydrogen) atoms. The Balaban J connectivity index is 1.58. The van der Waals surface area contributed by atoms with Gasteiger partial charge in [0.2, 0.25) is 0 Å². The maximum absolute atomic E-state index is 12.9. The summed E-state index contributed by atoms with van der Waals surface area (Å²) < 4.78 is 25.6. The summed E-state index contributed by atoms with van der Waals surface area (Å²) >= 11 is 0. The van der Waals surface area contributed by atoms with Crippen LogP contribution >= 0.6 is 0 Å². The maximum Gasteiger partial charge on any atom is 0.275 e. The fraction of sp³-hybridized carbons (Fsp3) is 0.0870. The second-order valence-electron chi connectivity index (χ2n) is 7.08. The van der Waals surface area contributed by atoms with Gasteiger partial charge >= 0.3 is 0 Å². The number of benzene rings is 3. The van der Waals surface area contributed by atoms with Crippen molar-refractivity contribution in [2.24, 2.45) is 0 Å². The Morgan fingerprint density at radius 2 is 1.44 bits per heavy atom. The lowest BCUT2D eigenvalue weighted by molar-refractivity contribution is -0.122. The van der Waals surface area contributed by atoms with Crippen molar-refractivity contribution in [2.45, 2.75) is 17.9 Å². The molecule has 3 aromatic carbocycles. The van der Waals surface area contributed by atoms with Crippen molar-refractivity contribution < 1.29 is 13.2 Å². The van der Waals surface area contributed by atoms with Crippen LogP contribution < -0.4 is 15.8 Å². The minimum Gasteiger partial charge on any atom is -0.276 e. The van der Waals surface area contributed by atoms with E-state index in [0.29, 0.717) is 22.9 Å². The monoisotopic (exact) mass is 448 g/mol. The molecule has 0 bridgehead atoms. The lowest BCUT2D eigenvalue weighted by Gasteiger charge is -2.12. The largest absolute Gasteiger partial charge is 0.276 e. The van der Waals surface area contributed by atoms with Crippen LogP contribution in [0.5, 0.6) is 0 Å². The van der Waals surface area contributed by atoms with E-state index in [1.165, 1.54) is 12.1 Å². The van der Waals surface area contributed by atoms with Crippen molar-refractivity contribution in [2.75, 3.05) is 0 Å². The van der Waals surface area contributed by atoms with Gasteiger partial charge in [0, 0.05) is 11.8 Å². The molecule has 9 heteroatoms. The number of aromatic nitrogens is 2. The number of sulfonamides is 1. The van der Waals surface area contributed by atoms with Crippen LogP contribution in [0.15, 0.2) is 94.6 Å². The molecule has 0 aliphatic heterocycles. The molecule has 1 amide bonds. The third-order valence-electron chi connectivity index (χ3n) is 4.83. The Labute approximate surface area is 184 Å². The van der Waals surface area contributed by atoms with Gasteiger partial charge in [0.15, 0.2) is 0 Å². The molecular weight excluding hydrogens is 428 g/mol. The Kier molecular flexibility index (Phi) is 6.11. The third-order valence-corrected chi connectivity index (χ3v) is 6.09. The van der Waals surface area contributed by atoms with Crippen LogP contribution in [0.1, 0.15) is 11.3 Å². The average molecular weight is 449 g/mol. The summed E-state index contributed by atoms with van der Waals surface area (Å²) in [5.41, 5.74) is 3.36. The smallest absolute Gasteiger partial charge is 0.275 e. The van der Waals surface area contributed by atoms with Crippen molar-refractivity contribution in [3.63, 3.8) is 0 Å². The molecule has 0 radical (unpaired) electrons. The van der Waals surface area contributed by atoms with Crippen molar-refractivity contribution in [1.82, 2.24) is 20.0 Å². The highest BCUT2D eigenvalue weighted by molar-refractivity contribution is 7.89. The van der Waals surface area contributed by atoms with E-state index in [1.54, 1.807) is 30.3 Å². The maximum atomic E-state index is 12.9. The molecule has 0 aliphatic rings. The number of nitrogens with one attached hydrogen (secondary N) is 2. The predicted molar refractivity (Wildman–Crippen MR) is 120 cm³/mol. The molecule has 1 aromatic heterocycles. The third kappa shape index (κ3) is 4.74. The highest BCUT2D eigenvalue weighted by Crippen LogP contribution is 2.17. The number of amides is 1. The number of carbonyl (C=O) groups excluding carboxylic acids is 1. The van der Waals surface area contributed by atoms with Gasteiger partial charge in [-0.2, -0.15) is 5.10 Å². The number of hydrazine groups is 1. The van der Waals surface area contributed by atoms with E-state index in [2.05, 4.69) is 10.5 Å². The van der Waals surface area contributed by atoms with Gasteiger partial charge in [-0.3, -0.25) is 15.0 Å². The number of rotatable bonds is 7. The molecule has 0 fully saturated rings. The number of hydrogen-bond donors (Lipinski definition) is 2. The van der Waals surface area contributed by atoms with Crippen molar-refractivity contribution in [3.05, 3.63) is 107 Å². The summed E-state index contributed by atoms with van der Waals surface area (Å²) in [5.74, 6) is -0.722. The average Bonchev–Trinajstić information content (AvgIpc) is 2.82. The van der Waals surface area contributed by atoms with Gasteiger partial charge < -0.3 is 0 Å². The van der Waals surface area contributed by atoms with E-state index >= 15 is 0 Å². The van der Waals surface area contributed by atoms with Crippen LogP contribution in [0.25, 0.3) is 10.8 Å². The van der Waals surface area contributed by atoms with Crippen molar-refractivity contribution in [1.29, 1.82) is 0 Å². The van der Waals surface area contributed by atoms with Crippen LogP contribution in [-0.4, -0.2) is 24.1 Å². The first-order valence-corrected chi connectivity index (χ1v) is 11.3. The summed E-state index contributed by atoms with van der Waals surface area (Å²) in [6.45, 7) is -0.442. The summed E-state index contributed by atoms with van der Waals surface area (Å²) in [4.78, 5) is 27.3. The molecule has 0 saturated heterocycles. The van der Waals surface area contributed by atoms with E-state index in [9.17, 15) is 18.0 Å². The summed E-state index contributed by atoms with van der Waals surface area (Å²) in [5, 5.41) is 5.55. The zero-order valence-electron chi connectivity index (χ0n) is 16.9. The normalized spacial score (nSPS) is 11.4. The SMILES string of the molecule is O=C(Cn1nc(Cc2ccccc2)c2ccccc2c1=O)NNS(=O)(=O)c1ccccc1. The van der Waals surface area contributed by atoms with Gasteiger partial charge in [-0.15, -0.1) is 4.83 Å². The first kappa shape index (κ1) is 21.4. The van der Waals surface area contributed by atoms with Gasteiger partial charge in [0.05, 0.1) is 16.0 Å². The van der Waals surface area contributed by atoms with E-state index in [4.69, 9.17) is 0 Å². The lowest BCUT2D eigenvalue weighted by atomic mass is 10.0. The lowest BCUT2D eigenvalue weighted by Crippen LogP contribution is -2.44. The highest BCUT2D eigenvalue weighted by atomic mass is 32.2. The number of hydrogen-bond acceptors (Lipinski definition) is 5. The Morgan fingerprint density at radius 3 is 2.12 bits per heavy atom. The fourth-order valence-corrected chi connectivity index (χ4v) is 4.17. The van der Waals surface area contributed by atoms with Crippen LogP contribution in [0, 0.1) is 0 Å². The Hall–Kier alpha value is -3.82. The van der Waals surface area contributed by atoms with Gasteiger partial charge in [0.1, 0.15) is 6.54 Å². The molecule has 0 unspecified atom stereocenters. The molecule has 0 spiro atoms. The minimum absolute atomic E-state index is 0.00597. The van der Waals surface area contributed by atoms with Crippen molar-refractivity contribution in [3.8, 4) is 0 Å². The molecule has 4 aromatic rings. The second kappa shape index (κ2) is 9.13. The molecule has 4 rings (SSSR count). The molecule has 162 valence electrons. The molecule has 0 aliphatic carbocycles. The Bertz CT molecular complexity index is 1420. The standard InChI is InChI=1S/C23H20N4O4S/c28-22(24-26-32(30,31)18-11-5-2-6-12-18)16-27-23(29)20-14-8-7-13-19(20)21(25-27)15-17-9-3-1-4-10-17/h1-14,26H,15-16H2,(H,24,28). The highest BCUT2D eigenvalue weighted by Gasteiger charge is 2.17. The molecule has 2 N–H and O–H groups in total. The summed E-state index contributed by atoms with van der Waals surface area (Å²) in [6, 6.07) is 24.4. The second-order valence-corrected chi connectivity index (χ2v) is 8.77. The number of carbonyl (C=O) groups is 1. The fourth-order valence-electron chi connectivity index (χ4n) is 3.29.